The van der Waals surface area contributed by atoms with E-state index in [9.17, 15) is 13.2 Å². The van der Waals surface area contributed by atoms with E-state index in [-0.39, 0.29) is 23.5 Å². The summed E-state index contributed by atoms with van der Waals surface area (Å²) in [5, 5.41) is 4.58. The topological polar surface area (TPSA) is 98.3 Å². The van der Waals surface area contributed by atoms with Gasteiger partial charge in [-0.3, -0.25) is 9.48 Å². The predicted octanol–water partition coefficient (Wildman–Crippen LogP) is 2.59. The Morgan fingerprint density at radius 1 is 1.30 bits per heavy atom. The second-order valence-corrected chi connectivity index (χ2v) is 10.2. The lowest BCUT2D eigenvalue weighted by molar-refractivity contribution is -0.130. The minimum Gasteiger partial charge on any atom is -0.441 e. The van der Waals surface area contributed by atoms with Gasteiger partial charge in [-0.2, -0.15) is 5.10 Å². The highest BCUT2D eigenvalue weighted by molar-refractivity contribution is 7.91. The molecule has 1 aliphatic rings. The van der Waals surface area contributed by atoms with E-state index in [1.165, 1.54) is 0 Å². The van der Waals surface area contributed by atoms with Gasteiger partial charge >= 0.3 is 0 Å². The van der Waals surface area contributed by atoms with Crippen LogP contribution in [0.5, 0.6) is 0 Å². The Morgan fingerprint density at radius 3 is 2.77 bits per heavy atom. The number of amides is 1. The standard InChI is InChI=1S/C21H26N4O4S/c1-14-17(15(2)25(23-14)16-10-11-30(27,28)13-16)12-24(3)21(26)9-8-20-22-18-6-4-5-7-19(18)29-20/h4-7,16H,8-13H2,1-3H3/t16-/m0/s1. The van der Waals surface area contributed by atoms with Crippen molar-refractivity contribution in [2.75, 3.05) is 18.6 Å². The van der Waals surface area contributed by atoms with E-state index in [0.717, 1.165) is 28.1 Å². The Kier molecular flexibility index (Phi) is 5.40. The number of fused-ring (bicyclic) bond motifs is 1. The maximum Gasteiger partial charge on any atom is 0.223 e. The first-order chi connectivity index (χ1) is 14.2. The highest BCUT2D eigenvalue weighted by Gasteiger charge is 2.31. The molecule has 3 heterocycles. The van der Waals surface area contributed by atoms with Gasteiger partial charge in [-0.25, -0.2) is 13.4 Å². The third-order valence-corrected chi connectivity index (χ3v) is 7.49. The zero-order chi connectivity index (χ0) is 21.5. The van der Waals surface area contributed by atoms with Crippen LogP contribution in [0.15, 0.2) is 28.7 Å². The van der Waals surface area contributed by atoms with Crippen LogP contribution in [0.1, 0.15) is 41.7 Å². The van der Waals surface area contributed by atoms with Crippen molar-refractivity contribution in [2.45, 2.75) is 45.7 Å². The number of rotatable bonds is 6. The number of aryl methyl sites for hydroxylation is 2. The van der Waals surface area contributed by atoms with E-state index < -0.39 is 9.84 Å². The molecule has 1 aromatic carbocycles. The molecule has 0 N–H and O–H groups in total. The van der Waals surface area contributed by atoms with Crippen LogP contribution in [0.25, 0.3) is 11.1 Å². The minimum absolute atomic E-state index is 0.00718. The van der Waals surface area contributed by atoms with Gasteiger partial charge in [0, 0.05) is 37.7 Å². The molecule has 1 atom stereocenters. The van der Waals surface area contributed by atoms with Gasteiger partial charge in [-0.05, 0) is 32.4 Å². The Morgan fingerprint density at radius 2 is 2.07 bits per heavy atom. The smallest absolute Gasteiger partial charge is 0.223 e. The quantitative estimate of drug-likeness (QED) is 0.596. The number of benzene rings is 1. The second-order valence-electron chi connectivity index (χ2n) is 7.98. The van der Waals surface area contributed by atoms with E-state index in [1.807, 2.05) is 42.8 Å². The Bertz CT molecular complexity index is 1160. The monoisotopic (exact) mass is 430 g/mol. The third kappa shape index (κ3) is 4.12. The molecule has 1 amide bonds. The van der Waals surface area contributed by atoms with Gasteiger partial charge < -0.3 is 9.32 Å². The van der Waals surface area contributed by atoms with Gasteiger partial charge in [0.1, 0.15) is 5.52 Å². The fourth-order valence-electron chi connectivity index (χ4n) is 4.01. The lowest BCUT2D eigenvalue weighted by Crippen LogP contribution is -2.27. The summed E-state index contributed by atoms with van der Waals surface area (Å²) in [7, 11) is -1.22. The van der Waals surface area contributed by atoms with E-state index >= 15 is 0 Å². The first-order valence-electron chi connectivity index (χ1n) is 10.1. The summed E-state index contributed by atoms with van der Waals surface area (Å²) in [6, 6.07) is 7.41. The number of sulfone groups is 1. The zero-order valence-electron chi connectivity index (χ0n) is 17.5. The molecule has 1 saturated heterocycles. The van der Waals surface area contributed by atoms with Gasteiger partial charge in [0.25, 0.3) is 0 Å². The first kappa shape index (κ1) is 20.6. The van der Waals surface area contributed by atoms with Gasteiger partial charge in [0.15, 0.2) is 21.3 Å². The number of aromatic nitrogens is 3. The molecule has 160 valence electrons. The molecule has 0 radical (unpaired) electrons. The van der Waals surface area contributed by atoms with E-state index in [1.54, 1.807) is 11.9 Å². The number of hydrogen-bond acceptors (Lipinski definition) is 6. The summed E-state index contributed by atoms with van der Waals surface area (Å²) in [6.45, 7) is 4.28. The molecule has 0 spiro atoms. The second kappa shape index (κ2) is 7.86. The van der Waals surface area contributed by atoms with Crippen LogP contribution < -0.4 is 0 Å². The van der Waals surface area contributed by atoms with Crippen LogP contribution in [-0.2, 0) is 27.6 Å². The van der Waals surface area contributed by atoms with Crippen LogP contribution in [-0.4, -0.2) is 52.5 Å². The molecule has 0 aliphatic carbocycles. The highest BCUT2D eigenvalue weighted by Crippen LogP contribution is 2.27. The fourth-order valence-corrected chi connectivity index (χ4v) is 5.70. The average molecular weight is 431 g/mol. The van der Waals surface area contributed by atoms with Crippen molar-refractivity contribution in [3.05, 3.63) is 47.1 Å². The Hall–Kier alpha value is -2.68. The van der Waals surface area contributed by atoms with Crippen molar-refractivity contribution >= 4 is 26.8 Å². The molecule has 8 nitrogen and oxygen atoms in total. The molecule has 30 heavy (non-hydrogen) atoms. The van der Waals surface area contributed by atoms with Gasteiger partial charge in [-0.1, -0.05) is 12.1 Å². The molecular formula is C21H26N4O4S. The number of carbonyl (C=O) groups is 1. The number of nitrogens with zero attached hydrogens (tertiary/aromatic N) is 4. The largest absolute Gasteiger partial charge is 0.441 e. The summed E-state index contributed by atoms with van der Waals surface area (Å²) in [6.07, 6.45) is 1.33. The normalized spacial score (nSPS) is 18.2. The molecule has 9 heteroatoms. The first-order valence-corrected chi connectivity index (χ1v) is 11.9. The maximum atomic E-state index is 12.7. The zero-order valence-corrected chi connectivity index (χ0v) is 18.3. The highest BCUT2D eigenvalue weighted by atomic mass is 32.2. The summed E-state index contributed by atoms with van der Waals surface area (Å²) in [4.78, 5) is 18.7. The van der Waals surface area contributed by atoms with Crippen molar-refractivity contribution < 1.29 is 17.6 Å². The van der Waals surface area contributed by atoms with Crippen LogP contribution in [0.3, 0.4) is 0 Å². The SMILES string of the molecule is Cc1nn([C@H]2CCS(=O)(=O)C2)c(C)c1CN(C)C(=O)CCc1nc2ccccc2o1. The minimum atomic E-state index is -2.98. The van der Waals surface area contributed by atoms with Crippen LogP contribution in [0.2, 0.25) is 0 Å². The molecule has 4 rings (SSSR count). The molecule has 2 aromatic heterocycles. The molecular weight excluding hydrogens is 404 g/mol. The number of hydrogen-bond donors (Lipinski definition) is 0. The summed E-state index contributed by atoms with van der Waals surface area (Å²) in [5.74, 6) is 0.889. The molecule has 1 fully saturated rings. The summed E-state index contributed by atoms with van der Waals surface area (Å²) < 4.78 is 31.2. The van der Waals surface area contributed by atoms with Crippen LogP contribution in [0, 0.1) is 13.8 Å². The Labute approximate surface area is 175 Å². The number of carbonyl (C=O) groups excluding carboxylic acids is 1. The molecule has 1 aliphatic heterocycles. The number of para-hydroxylation sites is 2. The predicted molar refractivity (Wildman–Crippen MR) is 113 cm³/mol. The van der Waals surface area contributed by atoms with E-state index in [4.69, 9.17) is 4.42 Å². The van der Waals surface area contributed by atoms with Crippen molar-refractivity contribution in [1.82, 2.24) is 19.7 Å². The van der Waals surface area contributed by atoms with Crippen LogP contribution >= 0.6 is 0 Å². The third-order valence-electron chi connectivity index (χ3n) is 5.74. The Balaban J connectivity index is 1.40. The van der Waals surface area contributed by atoms with Crippen molar-refractivity contribution in [3.8, 4) is 0 Å². The van der Waals surface area contributed by atoms with Crippen LogP contribution in [0.4, 0.5) is 0 Å². The molecule has 0 bridgehead atoms. The molecule has 0 saturated carbocycles. The lowest BCUT2D eigenvalue weighted by atomic mass is 10.1. The van der Waals surface area contributed by atoms with Crippen molar-refractivity contribution in [3.63, 3.8) is 0 Å². The summed E-state index contributed by atoms with van der Waals surface area (Å²) in [5.41, 5.74) is 4.24. The van der Waals surface area contributed by atoms with Gasteiger partial charge in [0.05, 0.1) is 23.2 Å². The molecule has 0 unspecified atom stereocenters. The number of oxazole rings is 1. The lowest BCUT2D eigenvalue weighted by Gasteiger charge is -2.18. The molecule has 3 aromatic rings. The van der Waals surface area contributed by atoms with E-state index in [2.05, 4.69) is 10.1 Å². The summed E-state index contributed by atoms with van der Waals surface area (Å²) >= 11 is 0. The van der Waals surface area contributed by atoms with Crippen molar-refractivity contribution in [1.29, 1.82) is 0 Å². The average Bonchev–Trinajstić information content (AvgIpc) is 3.36. The van der Waals surface area contributed by atoms with Gasteiger partial charge in [-0.15, -0.1) is 0 Å². The van der Waals surface area contributed by atoms with Gasteiger partial charge in [0.2, 0.25) is 5.91 Å². The maximum absolute atomic E-state index is 12.7. The fraction of sp³-hybridized carbons (Fsp3) is 0.476. The van der Waals surface area contributed by atoms with E-state index in [0.29, 0.717) is 31.7 Å². The van der Waals surface area contributed by atoms with Crippen molar-refractivity contribution in [2.24, 2.45) is 0 Å².